The van der Waals surface area contributed by atoms with Gasteiger partial charge < -0.3 is 15.0 Å². The van der Waals surface area contributed by atoms with Crippen molar-refractivity contribution < 1.29 is 9.53 Å². The number of rotatable bonds is 9. The third-order valence-corrected chi connectivity index (χ3v) is 5.89. The van der Waals surface area contributed by atoms with Gasteiger partial charge in [-0.15, -0.1) is 0 Å². The van der Waals surface area contributed by atoms with Crippen molar-refractivity contribution in [2.24, 2.45) is 5.41 Å². The van der Waals surface area contributed by atoms with Crippen LogP contribution in [0.1, 0.15) is 51.4 Å². The molecule has 172 valence electrons. The Kier molecular flexibility index (Phi) is 6.63. The van der Waals surface area contributed by atoms with Crippen LogP contribution < -0.4 is 5.73 Å². The van der Waals surface area contributed by atoms with Crippen LogP contribution in [0, 0.1) is 5.41 Å². The van der Waals surface area contributed by atoms with Crippen LogP contribution in [-0.2, 0) is 29.1 Å². The van der Waals surface area contributed by atoms with E-state index in [1.807, 2.05) is 48.5 Å². The van der Waals surface area contributed by atoms with Gasteiger partial charge in [-0.3, -0.25) is 4.79 Å². The van der Waals surface area contributed by atoms with E-state index in [0.29, 0.717) is 25.4 Å². The third kappa shape index (κ3) is 5.16. The molecule has 0 bridgehead atoms. The lowest BCUT2D eigenvalue weighted by atomic mass is 9.89. The van der Waals surface area contributed by atoms with E-state index in [9.17, 15) is 4.79 Å². The predicted molar refractivity (Wildman–Crippen MR) is 133 cm³/mol. The first-order chi connectivity index (χ1) is 15.9. The molecule has 0 saturated heterocycles. The zero-order chi connectivity index (χ0) is 23.4. The number of hydrogen-bond donors (Lipinski definition) is 1. The summed E-state index contributed by atoms with van der Waals surface area (Å²) in [4.78, 5) is 22.1. The summed E-state index contributed by atoms with van der Waals surface area (Å²) in [6.07, 6.45) is 3.28. The van der Waals surface area contributed by atoms with Crippen LogP contribution in [0.4, 0.5) is 5.82 Å². The number of esters is 1. The number of aromatic nitrogens is 3. The van der Waals surface area contributed by atoms with Crippen molar-refractivity contribution in [3.05, 3.63) is 66.0 Å². The fourth-order valence-corrected chi connectivity index (χ4v) is 4.26. The molecule has 0 unspecified atom stereocenters. The van der Waals surface area contributed by atoms with Gasteiger partial charge in [-0.05, 0) is 23.5 Å². The van der Waals surface area contributed by atoms with E-state index in [1.165, 1.54) is 0 Å². The Bertz CT molecular complexity index is 1260. The molecule has 0 fully saturated rings. The van der Waals surface area contributed by atoms with E-state index >= 15 is 0 Å². The first-order valence-corrected chi connectivity index (χ1v) is 11.6. The number of nitrogens with two attached hydrogens (primary N) is 1. The van der Waals surface area contributed by atoms with Crippen molar-refractivity contribution in [3.63, 3.8) is 0 Å². The highest BCUT2D eigenvalue weighted by Gasteiger charge is 2.27. The zero-order valence-electron chi connectivity index (χ0n) is 19.7. The third-order valence-electron chi connectivity index (χ3n) is 5.89. The Balaban J connectivity index is 1.63. The van der Waals surface area contributed by atoms with E-state index < -0.39 is 0 Å². The van der Waals surface area contributed by atoms with Crippen LogP contribution in [0.5, 0.6) is 0 Å². The van der Waals surface area contributed by atoms with Crippen LogP contribution in [-0.4, -0.2) is 20.5 Å². The molecule has 6 heteroatoms. The second-order valence-corrected chi connectivity index (χ2v) is 9.42. The van der Waals surface area contributed by atoms with Crippen LogP contribution in [0.25, 0.3) is 21.9 Å². The topological polar surface area (TPSA) is 83.0 Å². The minimum absolute atomic E-state index is 0.200. The van der Waals surface area contributed by atoms with E-state index in [0.717, 1.165) is 52.6 Å². The van der Waals surface area contributed by atoms with Gasteiger partial charge in [-0.25, -0.2) is 9.97 Å². The molecule has 2 aromatic heterocycles. The van der Waals surface area contributed by atoms with Gasteiger partial charge in [0, 0.05) is 18.4 Å². The Morgan fingerprint density at radius 1 is 1.06 bits per heavy atom. The summed E-state index contributed by atoms with van der Waals surface area (Å²) in [6, 6.07) is 17.8. The fourth-order valence-electron chi connectivity index (χ4n) is 4.26. The van der Waals surface area contributed by atoms with E-state index in [1.54, 1.807) is 0 Å². The number of aryl methyl sites for hydroxylation is 1. The number of ether oxygens (including phenoxy) is 1. The molecule has 0 aliphatic carbocycles. The Labute approximate surface area is 194 Å². The van der Waals surface area contributed by atoms with Gasteiger partial charge in [0.25, 0.3) is 0 Å². The summed E-state index contributed by atoms with van der Waals surface area (Å²) < 4.78 is 7.81. The summed E-state index contributed by atoms with van der Waals surface area (Å²) in [5, 5.41) is 1.03. The lowest BCUT2D eigenvalue weighted by Gasteiger charge is -2.26. The highest BCUT2D eigenvalue weighted by molar-refractivity contribution is 6.06. The molecule has 2 heterocycles. The number of carbonyl (C=O) groups excluding carboxylic acids is 1. The van der Waals surface area contributed by atoms with Crippen LogP contribution in [0.15, 0.2) is 54.6 Å². The Morgan fingerprint density at radius 2 is 1.79 bits per heavy atom. The van der Waals surface area contributed by atoms with Crippen LogP contribution in [0.2, 0.25) is 0 Å². The minimum Gasteiger partial charge on any atom is -0.461 e. The molecule has 6 nitrogen and oxygen atoms in total. The number of imidazole rings is 1. The first kappa shape index (κ1) is 22.8. The molecular weight excluding hydrogens is 412 g/mol. The minimum atomic E-state index is -0.332. The molecule has 0 radical (unpaired) electrons. The molecule has 0 aliphatic heterocycles. The zero-order valence-corrected chi connectivity index (χ0v) is 19.7. The van der Waals surface area contributed by atoms with Crippen molar-refractivity contribution in [1.29, 1.82) is 0 Å². The number of hydrogen-bond acceptors (Lipinski definition) is 5. The van der Waals surface area contributed by atoms with E-state index in [4.69, 9.17) is 15.5 Å². The summed E-state index contributed by atoms with van der Waals surface area (Å²) >= 11 is 0. The number of pyridine rings is 1. The fraction of sp³-hybridized carbons (Fsp3) is 0.370. The molecule has 2 aromatic carbocycles. The molecule has 0 atom stereocenters. The lowest BCUT2D eigenvalue weighted by molar-refractivity contribution is -0.147. The number of para-hydroxylation sites is 1. The highest BCUT2D eigenvalue weighted by atomic mass is 16.5. The molecule has 0 amide bonds. The molecule has 0 aliphatic rings. The maximum atomic E-state index is 12.7. The first-order valence-electron chi connectivity index (χ1n) is 11.6. The van der Waals surface area contributed by atoms with Gasteiger partial charge in [0.1, 0.15) is 17.9 Å². The van der Waals surface area contributed by atoms with Gasteiger partial charge in [-0.1, -0.05) is 75.7 Å². The summed E-state index contributed by atoms with van der Waals surface area (Å²) in [5.41, 5.74) is 9.55. The molecule has 33 heavy (non-hydrogen) atoms. The number of carbonyl (C=O) groups is 1. The van der Waals surface area contributed by atoms with Crippen molar-refractivity contribution >= 4 is 33.7 Å². The monoisotopic (exact) mass is 444 g/mol. The number of fused-ring (bicyclic) bond motifs is 3. The number of benzene rings is 2. The largest absolute Gasteiger partial charge is 0.461 e. The average molecular weight is 445 g/mol. The van der Waals surface area contributed by atoms with Crippen LogP contribution in [0.3, 0.4) is 0 Å². The summed E-state index contributed by atoms with van der Waals surface area (Å²) in [7, 11) is 0. The standard InChI is InChI=1S/C27H32N4O2/c1-4-5-15-22-30-24-25(20-13-9-10-14-21(20)29-26(24)28)31(22)18-27(2,3)16-23(32)33-17-19-11-7-6-8-12-19/h6-14H,4-5,15-18H2,1-3H3,(H2,28,29). The summed E-state index contributed by atoms with van der Waals surface area (Å²) in [5.74, 6) is 1.23. The molecule has 4 rings (SSSR count). The predicted octanol–water partition coefficient (Wildman–Crippen LogP) is 5.67. The second-order valence-electron chi connectivity index (χ2n) is 9.42. The average Bonchev–Trinajstić information content (AvgIpc) is 3.15. The Hall–Kier alpha value is -3.41. The SMILES string of the molecule is CCCCc1nc2c(N)nc3ccccc3c2n1CC(C)(C)CC(=O)OCc1ccccc1. The van der Waals surface area contributed by atoms with Gasteiger partial charge in [-0.2, -0.15) is 0 Å². The van der Waals surface area contributed by atoms with Crippen molar-refractivity contribution in [1.82, 2.24) is 14.5 Å². The molecule has 0 spiro atoms. The Morgan fingerprint density at radius 3 is 2.55 bits per heavy atom. The van der Waals surface area contributed by atoms with Gasteiger partial charge in [0.15, 0.2) is 5.82 Å². The smallest absolute Gasteiger partial charge is 0.306 e. The molecular formula is C27H32N4O2. The number of nitrogens with zero attached hydrogens (tertiary/aromatic N) is 3. The normalized spacial score (nSPS) is 11.8. The summed E-state index contributed by atoms with van der Waals surface area (Å²) in [6.45, 7) is 7.29. The molecule has 2 N–H and O–H groups in total. The van der Waals surface area contributed by atoms with Gasteiger partial charge in [0.2, 0.25) is 0 Å². The van der Waals surface area contributed by atoms with Gasteiger partial charge >= 0.3 is 5.97 Å². The van der Waals surface area contributed by atoms with Gasteiger partial charge in [0.05, 0.1) is 17.5 Å². The van der Waals surface area contributed by atoms with E-state index in [-0.39, 0.29) is 11.4 Å². The number of unbranched alkanes of at least 4 members (excludes halogenated alkanes) is 1. The lowest BCUT2D eigenvalue weighted by Crippen LogP contribution is -2.25. The maximum absolute atomic E-state index is 12.7. The number of anilines is 1. The molecule has 4 aromatic rings. The molecule has 0 saturated carbocycles. The highest BCUT2D eigenvalue weighted by Crippen LogP contribution is 2.33. The van der Waals surface area contributed by atoms with Crippen LogP contribution >= 0.6 is 0 Å². The van der Waals surface area contributed by atoms with Crippen molar-refractivity contribution in [3.8, 4) is 0 Å². The van der Waals surface area contributed by atoms with E-state index in [2.05, 4.69) is 36.4 Å². The maximum Gasteiger partial charge on any atom is 0.306 e. The second kappa shape index (κ2) is 9.61. The number of nitrogen functional groups attached to an aromatic ring is 1. The van der Waals surface area contributed by atoms with Crippen molar-refractivity contribution in [2.75, 3.05) is 5.73 Å². The quantitative estimate of drug-likeness (QED) is 0.336. The van der Waals surface area contributed by atoms with Crippen molar-refractivity contribution in [2.45, 2.75) is 59.6 Å².